The molecule has 1 fully saturated rings. The summed E-state index contributed by atoms with van der Waals surface area (Å²) in [6.45, 7) is 7.56. The maximum absolute atomic E-state index is 12.2. The van der Waals surface area contributed by atoms with E-state index in [2.05, 4.69) is 22.1 Å². The number of rotatable bonds is 5. The van der Waals surface area contributed by atoms with E-state index >= 15 is 0 Å². The zero-order valence-corrected chi connectivity index (χ0v) is 14.9. The number of hydrogen-bond donors (Lipinski definition) is 1. The van der Waals surface area contributed by atoms with Crippen LogP contribution in [0.1, 0.15) is 18.9 Å². The number of carbonyl (C=O) groups excluding carboxylic acids is 1. The number of nitrogens with zero attached hydrogens (tertiary/aromatic N) is 2. The number of hydrogen-bond acceptors (Lipinski definition) is 5. The first-order valence-corrected chi connectivity index (χ1v) is 9.11. The van der Waals surface area contributed by atoms with E-state index in [9.17, 15) is 4.79 Å². The van der Waals surface area contributed by atoms with Crippen molar-refractivity contribution in [3.8, 4) is 0 Å². The molecular formula is C18H23N3O2S. The van der Waals surface area contributed by atoms with Gasteiger partial charge < -0.3 is 10.1 Å². The van der Waals surface area contributed by atoms with Crippen LogP contribution in [0.4, 0.5) is 0 Å². The quantitative estimate of drug-likeness (QED) is 0.846. The average Bonchev–Trinajstić information content (AvgIpc) is 3.03. The van der Waals surface area contributed by atoms with Crippen LogP contribution in [0.3, 0.4) is 0 Å². The van der Waals surface area contributed by atoms with Gasteiger partial charge in [0.05, 0.1) is 23.4 Å². The second kappa shape index (κ2) is 7.88. The van der Waals surface area contributed by atoms with Gasteiger partial charge in [-0.25, -0.2) is 4.98 Å². The summed E-state index contributed by atoms with van der Waals surface area (Å²) in [5.74, 6) is -0.0816. The van der Waals surface area contributed by atoms with E-state index in [0.29, 0.717) is 0 Å². The fourth-order valence-corrected chi connectivity index (χ4v) is 3.67. The van der Waals surface area contributed by atoms with Crippen LogP contribution in [0.2, 0.25) is 0 Å². The van der Waals surface area contributed by atoms with Gasteiger partial charge in [-0.15, -0.1) is 11.3 Å². The Morgan fingerprint density at radius 1 is 1.33 bits per heavy atom. The Morgan fingerprint density at radius 2 is 2.08 bits per heavy atom. The number of thiazole rings is 1. The van der Waals surface area contributed by atoms with Gasteiger partial charge >= 0.3 is 0 Å². The lowest BCUT2D eigenvalue weighted by Gasteiger charge is -2.35. The fourth-order valence-electron chi connectivity index (χ4n) is 2.80. The molecule has 24 heavy (non-hydrogen) atoms. The van der Waals surface area contributed by atoms with Crippen molar-refractivity contribution in [2.45, 2.75) is 25.9 Å². The zero-order chi connectivity index (χ0) is 16.9. The minimum Gasteiger partial charge on any atom is -0.379 e. The molecular weight excluding hydrogens is 322 g/mol. The van der Waals surface area contributed by atoms with Crippen LogP contribution >= 0.6 is 11.3 Å². The highest BCUT2D eigenvalue weighted by atomic mass is 32.1. The van der Waals surface area contributed by atoms with E-state index < -0.39 is 0 Å². The fraction of sp³-hybridized carbons (Fsp3) is 0.444. The molecule has 0 radical (unpaired) electrons. The van der Waals surface area contributed by atoms with Crippen molar-refractivity contribution >= 4 is 33.5 Å². The maximum Gasteiger partial charge on any atom is 0.244 e. The van der Waals surface area contributed by atoms with Crippen molar-refractivity contribution in [1.29, 1.82) is 0 Å². The first kappa shape index (κ1) is 17.1. The molecule has 1 aliphatic rings. The minimum absolute atomic E-state index is 0.0793. The van der Waals surface area contributed by atoms with E-state index in [-0.39, 0.29) is 18.0 Å². The highest BCUT2D eigenvalue weighted by Gasteiger charge is 2.22. The molecule has 1 amide bonds. The van der Waals surface area contributed by atoms with Gasteiger partial charge in [0.15, 0.2) is 0 Å². The average molecular weight is 345 g/mol. The molecule has 2 heterocycles. The van der Waals surface area contributed by atoms with E-state index in [1.165, 1.54) is 0 Å². The highest BCUT2D eigenvalue weighted by molar-refractivity contribution is 7.19. The Labute approximate surface area is 146 Å². The summed E-state index contributed by atoms with van der Waals surface area (Å²) in [6, 6.07) is 8.35. The van der Waals surface area contributed by atoms with Crippen molar-refractivity contribution in [2.75, 3.05) is 26.3 Å². The molecule has 5 nitrogen and oxygen atoms in total. The topological polar surface area (TPSA) is 54.5 Å². The molecule has 128 valence electrons. The smallest absolute Gasteiger partial charge is 0.244 e. The molecule has 1 N–H and O–H groups in total. The SMILES string of the molecule is CC(NC(=O)C=Cc1nc2ccccc2s1)C(C)N1CCOCC1. The van der Waals surface area contributed by atoms with E-state index in [1.54, 1.807) is 23.5 Å². The molecule has 0 aliphatic carbocycles. The second-order valence-corrected chi connectivity index (χ2v) is 7.10. The van der Waals surface area contributed by atoms with Gasteiger partial charge in [0, 0.05) is 31.2 Å². The third kappa shape index (κ3) is 4.20. The predicted molar refractivity (Wildman–Crippen MR) is 98.1 cm³/mol. The normalized spacial score (nSPS) is 18.8. The van der Waals surface area contributed by atoms with Crippen molar-refractivity contribution in [3.05, 3.63) is 35.3 Å². The van der Waals surface area contributed by atoms with Crippen molar-refractivity contribution in [2.24, 2.45) is 0 Å². The first-order chi connectivity index (χ1) is 11.6. The van der Waals surface area contributed by atoms with Crippen molar-refractivity contribution in [1.82, 2.24) is 15.2 Å². The number of morpholine rings is 1. The van der Waals surface area contributed by atoms with Crippen LogP contribution in [0, 0.1) is 0 Å². The third-order valence-electron chi connectivity index (χ3n) is 4.40. The number of aromatic nitrogens is 1. The molecule has 1 saturated heterocycles. The predicted octanol–water partition coefficient (Wildman–Crippen LogP) is 2.53. The van der Waals surface area contributed by atoms with Gasteiger partial charge in [-0.1, -0.05) is 12.1 Å². The van der Waals surface area contributed by atoms with E-state index in [1.807, 2.05) is 31.2 Å². The molecule has 2 unspecified atom stereocenters. The molecule has 2 aromatic rings. The molecule has 0 bridgehead atoms. The lowest BCUT2D eigenvalue weighted by molar-refractivity contribution is -0.117. The minimum atomic E-state index is -0.0816. The van der Waals surface area contributed by atoms with E-state index in [0.717, 1.165) is 41.5 Å². The Balaban J connectivity index is 1.55. The summed E-state index contributed by atoms with van der Waals surface area (Å²) in [4.78, 5) is 19.0. The Hall–Kier alpha value is -1.76. The number of amides is 1. The van der Waals surface area contributed by atoms with Crippen molar-refractivity contribution in [3.63, 3.8) is 0 Å². The number of fused-ring (bicyclic) bond motifs is 1. The molecule has 1 aromatic heterocycles. The molecule has 6 heteroatoms. The number of nitrogens with one attached hydrogen (secondary N) is 1. The second-order valence-electron chi connectivity index (χ2n) is 6.04. The first-order valence-electron chi connectivity index (χ1n) is 8.29. The summed E-state index contributed by atoms with van der Waals surface area (Å²) in [5, 5.41) is 3.90. The Kier molecular flexibility index (Phi) is 5.60. The lowest BCUT2D eigenvalue weighted by atomic mass is 10.1. The Morgan fingerprint density at radius 3 is 2.83 bits per heavy atom. The van der Waals surface area contributed by atoms with Gasteiger partial charge in [0.1, 0.15) is 5.01 Å². The van der Waals surface area contributed by atoms with Gasteiger partial charge in [-0.3, -0.25) is 9.69 Å². The van der Waals surface area contributed by atoms with Crippen LogP contribution in [0.15, 0.2) is 30.3 Å². The Bertz CT molecular complexity index is 689. The van der Waals surface area contributed by atoms with Gasteiger partial charge in [-0.2, -0.15) is 0 Å². The highest BCUT2D eigenvalue weighted by Crippen LogP contribution is 2.22. The number of para-hydroxylation sites is 1. The molecule has 1 aromatic carbocycles. The summed E-state index contributed by atoms with van der Waals surface area (Å²) in [5.41, 5.74) is 0.969. The number of carbonyl (C=O) groups is 1. The summed E-state index contributed by atoms with van der Waals surface area (Å²) in [7, 11) is 0. The zero-order valence-electron chi connectivity index (χ0n) is 14.1. The van der Waals surface area contributed by atoms with Crippen LogP contribution in [-0.4, -0.2) is 54.2 Å². The van der Waals surface area contributed by atoms with Crippen LogP contribution in [0.25, 0.3) is 16.3 Å². The number of benzene rings is 1. The van der Waals surface area contributed by atoms with Gasteiger partial charge in [0.2, 0.25) is 5.91 Å². The summed E-state index contributed by atoms with van der Waals surface area (Å²) in [6.07, 6.45) is 3.35. The lowest BCUT2D eigenvalue weighted by Crippen LogP contribution is -2.51. The van der Waals surface area contributed by atoms with Gasteiger partial charge in [0.25, 0.3) is 0 Å². The molecule has 3 rings (SSSR count). The summed E-state index contributed by atoms with van der Waals surface area (Å²) >= 11 is 1.59. The van der Waals surface area contributed by atoms with E-state index in [4.69, 9.17) is 4.74 Å². The third-order valence-corrected chi connectivity index (χ3v) is 5.40. The van der Waals surface area contributed by atoms with Crippen molar-refractivity contribution < 1.29 is 9.53 Å². The van der Waals surface area contributed by atoms with Crippen LogP contribution < -0.4 is 5.32 Å². The largest absolute Gasteiger partial charge is 0.379 e. The molecule has 0 spiro atoms. The van der Waals surface area contributed by atoms with Crippen LogP contribution in [0.5, 0.6) is 0 Å². The summed E-state index contributed by atoms with van der Waals surface area (Å²) < 4.78 is 6.51. The molecule has 2 atom stereocenters. The monoisotopic (exact) mass is 345 g/mol. The molecule has 0 saturated carbocycles. The standard InChI is InChI=1S/C18H23N3O2S/c1-13(14(2)21-9-11-23-12-10-21)19-17(22)7-8-18-20-15-5-3-4-6-16(15)24-18/h3-8,13-14H,9-12H2,1-2H3,(H,19,22). The number of ether oxygens (including phenoxy) is 1. The van der Waals surface area contributed by atoms with Crippen LogP contribution in [-0.2, 0) is 9.53 Å². The molecule has 1 aliphatic heterocycles. The van der Waals surface area contributed by atoms with Gasteiger partial charge in [-0.05, 0) is 32.1 Å². The maximum atomic E-state index is 12.2.